The zero-order valence-corrected chi connectivity index (χ0v) is 12.1. The minimum Gasteiger partial charge on any atom is -0.493 e. The highest BCUT2D eigenvalue weighted by Gasteiger charge is 2.19. The number of carbonyl (C=O) groups is 1. The van der Waals surface area contributed by atoms with Gasteiger partial charge in [0.2, 0.25) is 0 Å². The number of carbonyl (C=O) groups excluding carboxylic acids is 1. The number of hydrogen-bond donors (Lipinski definition) is 1. The summed E-state index contributed by atoms with van der Waals surface area (Å²) in [6.07, 6.45) is 0.122. The average molecular weight is 265 g/mol. The number of amides is 1. The van der Waals surface area contributed by atoms with E-state index in [1.807, 2.05) is 25.1 Å². The standard InChI is InChI=1S/C15H23NO3/c1-5-12(15(17)16-10-11(2)3)19-14-9-7-6-8-13(14)18-4/h6-9,11-12H,5,10H2,1-4H3,(H,16,17)/t12-/m0/s1. The van der Waals surface area contributed by atoms with Gasteiger partial charge in [0.25, 0.3) is 5.91 Å². The van der Waals surface area contributed by atoms with Gasteiger partial charge in [-0.1, -0.05) is 32.9 Å². The molecule has 106 valence electrons. The van der Waals surface area contributed by atoms with Gasteiger partial charge in [-0.15, -0.1) is 0 Å². The summed E-state index contributed by atoms with van der Waals surface area (Å²) in [6, 6.07) is 7.34. The van der Waals surface area contributed by atoms with Gasteiger partial charge in [-0.3, -0.25) is 4.79 Å². The number of para-hydroxylation sites is 2. The van der Waals surface area contributed by atoms with Crippen LogP contribution >= 0.6 is 0 Å². The molecule has 0 unspecified atom stereocenters. The van der Waals surface area contributed by atoms with E-state index >= 15 is 0 Å². The summed E-state index contributed by atoms with van der Waals surface area (Å²) >= 11 is 0. The molecule has 1 rings (SSSR count). The SMILES string of the molecule is CC[C@H](Oc1ccccc1OC)C(=O)NCC(C)C. The lowest BCUT2D eigenvalue weighted by Gasteiger charge is -2.19. The molecule has 4 nitrogen and oxygen atoms in total. The van der Waals surface area contributed by atoms with Gasteiger partial charge in [-0.2, -0.15) is 0 Å². The molecule has 0 bridgehead atoms. The molecule has 1 amide bonds. The zero-order chi connectivity index (χ0) is 14.3. The molecular weight excluding hydrogens is 242 g/mol. The van der Waals surface area contributed by atoms with Crippen LogP contribution in [0.25, 0.3) is 0 Å². The molecule has 1 aromatic rings. The quantitative estimate of drug-likeness (QED) is 0.824. The predicted molar refractivity (Wildman–Crippen MR) is 75.5 cm³/mol. The fourth-order valence-electron chi connectivity index (χ4n) is 1.61. The molecule has 0 aromatic heterocycles. The number of nitrogens with one attached hydrogen (secondary N) is 1. The van der Waals surface area contributed by atoms with E-state index < -0.39 is 6.10 Å². The maximum Gasteiger partial charge on any atom is 0.261 e. The summed E-state index contributed by atoms with van der Waals surface area (Å²) in [6.45, 7) is 6.70. The maximum atomic E-state index is 12.0. The van der Waals surface area contributed by atoms with Crippen molar-refractivity contribution in [2.45, 2.75) is 33.3 Å². The van der Waals surface area contributed by atoms with Crippen LogP contribution < -0.4 is 14.8 Å². The van der Waals surface area contributed by atoms with Crippen molar-refractivity contribution in [2.75, 3.05) is 13.7 Å². The lowest BCUT2D eigenvalue weighted by Crippen LogP contribution is -2.39. The van der Waals surface area contributed by atoms with Gasteiger partial charge in [0, 0.05) is 6.54 Å². The lowest BCUT2D eigenvalue weighted by atomic mass is 10.2. The van der Waals surface area contributed by atoms with Gasteiger partial charge >= 0.3 is 0 Å². The topological polar surface area (TPSA) is 47.6 Å². The Hall–Kier alpha value is -1.71. The molecule has 0 radical (unpaired) electrons. The normalized spacial score (nSPS) is 12.1. The Labute approximate surface area is 115 Å². The highest BCUT2D eigenvalue weighted by molar-refractivity contribution is 5.81. The van der Waals surface area contributed by atoms with Crippen LogP contribution in [0, 0.1) is 5.92 Å². The second-order valence-corrected chi connectivity index (χ2v) is 4.80. The zero-order valence-electron chi connectivity index (χ0n) is 12.1. The molecule has 0 heterocycles. The van der Waals surface area contributed by atoms with E-state index in [1.54, 1.807) is 13.2 Å². The summed E-state index contributed by atoms with van der Waals surface area (Å²) in [5, 5.41) is 2.89. The number of rotatable bonds is 7. The molecule has 1 N–H and O–H groups in total. The summed E-state index contributed by atoms with van der Waals surface area (Å²) in [5.74, 6) is 1.57. The van der Waals surface area contributed by atoms with Crippen LogP contribution in [-0.2, 0) is 4.79 Å². The van der Waals surface area contributed by atoms with Crippen LogP contribution in [0.15, 0.2) is 24.3 Å². The van der Waals surface area contributed by atoms with Crippen LogP contribution in [0.2, 0.25) is 0 Å². The van der Waals surface area contributed by atoms with Crippen molar-refractivity contribution in [1.82, 2.24) is 5.32 Å². The first-order chi connectivity index (χ1) is 9.08. The number of ether oxygens (including phenoxy) is 2. The van der Waals surface area contributed by atoms with Gasteiger partial charge in [0.1, 0.15) is 0 Å². The third-order valence-electron chi connectivity index (χ3n) is 2.69. The van der Waals surface area contributed by atoms with Crippen molar-refractivity contribution in [3.8, 4) is 11.5 Å². The molecule has 0 aliphatic carbocycles. The smallest absolute Gasteiger partial charge is 0.261 e. The monoisotopic (exact) mass is 265 g/mol. The van der Waals surface area contributed by atoms with Crippen LogP contribution in [0.5, 0.6) is 11.5 Å². The van der Waals surface area contributed by atoms with Crippen molar-refractivity contribution < 1.29 is 14.3 Å². The average Bonchev–Trinajstić information content (AvgIpc) is 2.42. The van der Waals surface area contributed by atoms with Gasteiger partial charge in [0.15, 0.2) is 17.6 Å². The molecule has 0 aliphatic rings. The largest absolute Gasteiger partial charge is 0.493 e. The van der Waals surface area contributed by atoms with Crippen molar-refractivity contribution >= 4 is 5.91 Å². The van der Waals surface area contributed by atoms with Crippen LogP contribution in [0.4, 0.5) is 0 Å². The third-order valence-corrected chi connectivity index (χ3v) is 2.69. The van der Waals surface area contributed by atoms with Crippen molar-refractivity contribution in [3.05, 3.63) is 24.3 Å². The summed E-state index contributed by atoms with van der Waals surface area (Å²) in [4.78, 5) is 12.0. The Bertz CT molecular complexity index is 404. The molecule has 0 aliphatic heterocycles. The molecule has 1 aromatic carbocycles. The van der Waals surface area contributed by atoms with Crippen LogP contribution in [0.1, 0.15) is 27.2 Å². The van der Waals surface area contributed by atoms with Crippen molar-refractivity contribution in [2.24, 2.45) is 5.92 Å². The fourth-order valence-corrected chi connectivity index (χ4v) is 1.61. The van der Waals surface area contributed by atoms with Crippen molar-refractivity contribution in [1.29, 1.82) is 0 Å². The summed E-state index contributed by atoms with van der Waals surface area (Å²) in [5.41, 5.74) is 0. The van der Waals surface area contributed by atoms with E-state index in [1.165, 1.54) is 0 Å². The molecular formula is C15H23NO3. The molecule has 0 fully saturated rings. The Kier molecular flexibility index (Phi) is 6.19. The maximum absolute atomic E-state index is 12.0. The fraction of sp³-hybridized carbons (Fsp3) is 0.533. The Morgan fingerprint density at radius 1 is 1.26 bits per heavy atom. The second kappa shape index (κ2) is 7.67. The van der Waals surface area contributed by atoms with Gasteiger partial charge in [-0.05, 0) is 24.5 Å². The predicted octanol–water partition coefficient (Wildman–Crippen LogP) is 2.62. The first kappa shape index (κ1) is 15.3. The molecule has 4 heteroatoms. The number of hydrogen-bond acceptors (Lipinski definition) is 3. The Morgan fingerprint density at radius 3 is 2.42 bits per heavy atom. The van der Waals surface area contributed by atoms with E-state index in [-0.39, 0.29) is 5.91 Å². The number of methoxy groups -OCH3 is 1. The Balaban J connectivity index is 2.68. The molecule has 0 spiro atoms. The molecule has 0 saturated carbocycles. The minimum atomic E-state index is -0.491. The summed E-state index contributed by atoms with van der Waals surface area (Å²) in [7, 11) is 1.59. The number of benzene rings is 1. The Morgan fingerprint density at radius 2 is 1.89 bits per heavy atom. The van der Waals surface area contributed by atoms with Crippen LogP contribution in [-0.4, -0.2) is 25.7 Å². The van der Waals surface area contributed by atoms with Gasteiger partial charge < -0.3 is 14.8 Å². The lowest BCUT2D eigenvalue weighted by molar-refractivity contribution is -0.128. The summed E-state index contributed by atoms with van der Waals surface area (Å²) < 4.78 is 11.0. The van der Waals surface area contributed by atoms with E-state index in [9.17, 15) is 4.79 Å². The first-order valence-corrected chi connectivity index (χ1v) is 6.65. The minimum absolute atomic E-state index is 0.0814. The molecule has 1 atom stereocenters. The first-order valence-electron chi connectivity index (χ1n) is 6.65. The highest BCUT2D eigenvalue weighted by atomic mass is 16.5. The highest BCUT2D eigenvalue weighted by Crippen LogP contribution is 2.27. The second-order valence-electron chi connectivity index (χ2n) is 4.80. The van der Waals surface area contributed by atoms with Crippen molar-refractivity contribution in [3.63, 3.8) is 0 Å². The van der Waals surface area contributed by atoms with Gasteiger partial charge in [-0.25, -0.2) is 0 Å². The van der Waals surface area contributed by atoms with E-state index in [4.69, 9.17) is 9.47 Å². The molecule has 0 saturated heterocycles. The molecule has 19 heavy (non-hydrogen) atoms. The third kappa shape index (κ3) is 4.81. The van der Waals surface area contributed by atoms with E-state index in [0.29, 0.717) is 30.4 Å². The van der Waals surface area contributed by atoms with Gasteiger partial charge in [0.05, 0.1) is 7.11 Å². The van der Waals surface area contributed by atoms with E-state index in [0.717, 1.165) is 0 Å². The van der Waals surface area contributed by atoms with E-state index in [2.05, 4.69) is 19.2 Å². The van der Waals surface area contributed by atoms with Crippen LogP contribution in [0.3, 0.4) is 0 Å².